The quantitative estimate of drug-likeness (QED) is 0.888. The van der Waals surface area contributed by atoms with Crippen molar-refractivity contribution in [2.75, 3.05) is 11.9 Å². The van der Waals surface area contributed by atoms with Gasteiger partial charge in [-0.2, -0.15) is 0 Å². The first-order valence-electron chi connectivity index (χ1n) is 7.15. The Balaban J connectivity index is 2.56. The van der Waals surface area contributed by atoms with Crippen LogP contribution in [0.5, 0.6) is 0 Å². The molecule has 5 heteroatoms. The standard InChI is InChI=1S/C16H21BrN4/c1-5-8-19-15-12(17)13(16(2,3)4)20-14(21-15)11-6-9-18-10-7-11/h6-7,9-10H,5,8H2,1-4H3,(H,19,20,21). The summed E-state index contributed by atoms with van der Waals surface area (Å²) < 4.78 is 0.946. The SMILES string of the molecule is CCCNc1nc(-c2ccncc2)nc(C(C)(C)C)c1Br. The lowest BCUT2D eigenvalue weighted by molar-refractivity contribution is 0.564. The highest BCUT2D eigenvalue weighted by atomic mass is 79.9. The molecule has 21 heavy (non-hydrogen) atoms. The van der Waals surface area contributed by atoms with E-state index < -0.39 is 0 Å². The van der Waals surface area contributed by atoms with Gasteiger partial charge in [-0.25, -0.2) is 9.97 Å². The Morgan fingerprint density at radius 3 is 2.38 bits per heavy atom. The Morgan fingerprint density at radius 1 is 1.14 bits per heavy atom. The number of halogens is 1. The van der Waals surface area contributed by atoms with Crippen LogP contribution in [-0.2, 0) is 5.41 Å². The van der Waals surface area contributed by atoms with Crippen LogP contribution < -0.4 is 5.32 Å². The van der Waals surface area contributed by atoms with Crippen LogP contribution in [0.2, 0.25) is 0 Å². The zero-order valence-corrected chi connectivity index (χ0v) is 14.5. The van der Waals surface area contributed by atoms with Crippen LogP contribution in [0.4, 0.5) is 5.82 Å². The fourth-order valence-corrected chi connectivity index (χ4v) is 2.85. The lowest BCUT2D eigenvalue weighted by Crippen LogP contribution is -2.17. The normalized spacial score (nSPS) is 11.5. The molecule has 0 saturated carbocycles. The second-order valence-corrected chi connectivity index (χ2v) is 6.76. The van der Waals surface area contributed by atoms with Gasteiger partial charge in [0.1, 0.15) is 5.82 Å². The van der Waals surface area contributed by atoms with Crippen molar-refractivity contribution in [2.45, 2.75) is 39.5 Å². The van der Waals surface area contributed by atoms with Crippen LogP contribution in [0.3, 0.4) is 0 Å². The molecule has 0 unspecified atom stereocenters. The summed E-state index contributed by atoms with van der Waals surface area (Å²) in [4.78, 5) is 13.5. The van der Waals surface area contributed by atoms with E-state index in [9.17, 15) is 0 Å². The fourth-order valence-electron chi connectivity index (χ4n) is 1.93. The smallest absolute Gasteiger partial charge is 0.161 e. The molecule has 1 N–H and O–H groups in total. The first-order valence-corrected chi connectivity index (χ1v) is 7.95. The summed E-state index contributed by atoms with van der Waals surface area (Å²) in [5, 5.41) is 3.37. The van der Waals surface area contributed by atoms with Gasteiger partial charge in [0.15, 0.2) is 5.82 Å². The molecule has 2 rings (SSSR count). The number of rotatable bonds is 4. The monoisotopic (exact) mass is 348 g/mol. The topological polar surface area (TPSA) is 50.7 Å². The van der Waals surface area contributed by atoms with Crippen molar-refractivity contribution < 1.29 is 0 Å². The molecule has 2 aromatic heterocycles. The maximum absolute atomic E-state index is 4.76. The molecule has 2 heterocycles. The predicted molar refractivity (Wildman–Crippen MR) is 90.4 cm³/mol. The molecule has 0 aliphatic heterocycles. The van der Waals surface area contributed by atoms with E-state index in [-0.39, 0.29) is 5.41 Å². The molecule has 0 aromatic carbocycles. The van der Waals surface area contributed by atoms with Gasteiger partial charge in [0.25, 0.3) is 0 Å². The molecule has 2 aromatic rings. The second-order valence-electron chi connectivity index (χ2n) is 5.97. The molecular formula is C16H21BrN4. The molecule has 0 aliphatic carbocycles. The minimum absolute atomic E-state index is 0.0633. The first kappa shape index (κ1) is 15.9. The zero-order valence-electron chi connectivity index (χ0n) is 12.9. The van der Waals surface area contributed by atoms with E-state index >= 15 is 0 Å². The van der Waals surface area contributed by atoms with Crippen molar-refractivity contribution in [1.82, 2.24) is 15.0 Å². The van der Waals surface area contributed by atoms with Crippen molar-refractivity contribution in [3.8, 4) is 11.4 Å². The molecule has 0 aliphatic rings. The highest BCUT2D eigenvalue weighted by Crippen LogP contribution is 2.34. The molecule has 0 radical (unpaired) electrons. The van der Waals surface area contributed by atoms with Gasteiger partial charge in [-0.05, 0) is 34.5 Å². The minimum Gasteiger partial charge on any atom is -0.369 e. The molecule has 0 bridgehead atoms. The maximum Gasteiger partial charge on any atom is 0.161 e. The maximum atomic E-state index is 4.76. The Hall–Kier alpha value is -1.49. The highest BCUT2D eigenvalue weighted by molar-refractivity contribution is 9.10. The third kappa shape index (κ3) is 3.79. The van der Waals surface area contributed by atoms with Crippen molar-refractivity contribution in [1.29, 1.82) is 0 Å². The van der Waals surface area contributed by atoms with Crippen LogP contribution in [-0.4, -0.2) is 21.5 Å². The van der Waals surface area contributed by atoms with Crippen molar-refractivity contribution >= 4 is 21.7 Å². The van der Waals surface area contributed by atoms with Crippen molar-refractivity contribution in [3.05, 3.63) is 34.7 Å². The number of pyridine rings is 1. The number of hydrogen-bond acceptors (Lipinski definition) is 4. The summed E-state index contributed by atoms with van der Waals surface area (Å²) in [6.45, 7) is 9.48. The summed E-state index contributed by atoms with van der Waals surface area (Å²) >= 11 is 3.65. The summed E-state index contributed by atoms with van der Waals surface area (Å²) in [5.41, 5.74) is 1.91. The van der Waals surface area contributed by atoms with Gasteiger partial charge in [-0.3, -0.25) is 4.98 Å². The van der Waals surface area contributed by atoms with Gasteiger partial charge in [0.05, 0.1) is 10.2 Å². The fraction of sp³-hybridized carbons (Fsp3) is 0.438. The molecule has 0 amide bonds. The lowest BCUT2D eigenvalue weighted by atomic mass is 9.91. The summed E-state index contributed by atoms with van der Waals surface area (Å²) in [5.74, 6) is 1.58. The Kier molecular flexibility index (Phi) is 4.93. The summed E-state index contributed by atoms with van der Waals surface area (Å²) in [6, 6.07) is 3.86. The van der Waals surface area contributed by atoms with Gasteiger partial charge >= 0.3 is 0 Å². The number of aromatic nitrogens is 3. The van der Waals surface area contributed by atoms with Gasteiger partial charge in [0.2, 0.25) is 0 Å². The molecule has 0 saturated heterocycles. The summed E-state index contributed by atoms with van der Waals surface area (Å²) in [7, 11) is 0. The average molecular weight is 349 g/mol. The van der Waals surface area contributed by atoms with E-state index in [1.54, 1.807) is 12.4 Å². The number of anilines is 1. The lowest BCUT2D eigenvalue weighted by Gasteiger charge is -2.22. The predicted octanol–water partition coefficient (Wildman–Crippen LogP) is 4.42. The zero-order chi connectivity index (χ0) is 15.5. The number of nitrogens with one attached hydrogen (secondary N) is 1. The molecule has 0 atom stereocenters. The van der Waals surface area contributed by atoms with Gasteiger partial charge in [0, 0.05) is 29.9 Å². The molecular weight excluding hydrogens is 328 g/mol. The third-order valence-corrected chi connectivity index (χ3v) is 3.79. The van der Waals surface area contributed by atoms with Crippen molar-refractivity contribution in [2.24, 2.45) is 0 Å². The number of nitrogens with zero attached hydrogens (tertiary/aromatic N) is 3. The molecule has 112 valence electrons. The molecule has 4 nitrogen and oxygen atoms in total. The Labute approximate surface area is 134 Å². The minimum atomic E-state index is -0.0633. The highest BCUT2D eigenvalue weighted by Gasteiger charge is 2.23. The van der Waals surface area contributed by atoms with Crippen LogP contribution >= 0.6 is 15.9 Å². The second kappa shape index (κ2) is 6.52. The van der Waals surface area contributed by atoms with E-state index in [4.69, 9.17) is 4.98 Å². The van der Waals surface area contributed by atoms with E-state index in [0.717, 1.165) is 40.3 Å². The van der Waals surface area contributed by atoms with Gasteiger partial charge < -0.3 is 5.32 Å². The first-order chi connectivity index (χ1) is 9.93. The van der Waals surface area contributed by atoms with Gasteiger partial charge in [-0.1, -0.05) is 27.7 Å². The molecule has 0 fully saturated rings. The Bertz CT molecular complexity index is 606. The van der Waals surface area contributed by atoms with Crippen LogP contribution in [0, 0.1) is 0 Å². The van der Waals surface area contributed by atoms with E-state index in [0.29, 0.717) is 0 Å². The van der Waals surface area contributed by atoms with E-state index in [2.05, 4.69) is 58.9 Å². The van der Waals surface area contributed by atoms with Gasteiger partial charge in [-0.15, -0.1) is 0 Å². The molecule has 0 spiro atoms. The van der Waals surface area contributed by atoms with E-state index in [1.807, 2.05) is 12.1 Å². The van der Waals surface area contributed by atoms with Crippen LogP contribution in [0.1, 0.15) is 39.8 Å². The van der Waals surface area contributed by atoms with E-state index in [1.165, 1.54) is 0 Å². The largest absolute Gasteiger partial charge is 0.369 e. The third-order valence-electron chi connectivity index (χ3n) is 3.04. The average Bonchev–Trinajstić information content (AvgIpc) is 2.46. The van der Waals surface area contributed by atoms with Crippen molar-refractivity contribution in [3.63, 3.8) is 0 Å². The number of hydrogen-bond donors (Lipinski definition) is 1. The van der Waals surface area contributed by atoms with Crippen LogP contribution in [0.25, 0.3) is 11.4 Å². The Morgan fingerprint density at radius 2 is 1.81 bits per heavy atom. The van der Waals surface area contributed by atoms with Crippen LogP contribution in [0.15, 0.2) is 29.0 Å². The summed E-state index contributed by atoms with van der Waals surface area (Å²) in [6.07, 6.45) is 4.57.